The zero-order valence-electron chi connectivity index (χ0n) is 13.0. The molecule has 116 valence electrons. The van der Waals surface area contributed by atoms with Crippen LogP contribution in [0.1, 0.15) is 19.4 Å². The number of carbonyl (C=O) groups is 1. The van der Waals surface area contributed by atoms with E-state index in [1.807, 2.05) is 31.1 Å². The summed E-state index contributed by atoms with van der Waals surface area (Å²) in [5.74, 6) is -0.200. The summed E-state index contributed by atoms with van der Waals surface area (Å²) >= 11 is 5.91. The first-order valence-corrected chi connectivity index (χ1v) is 7.16. The molecular weight excluding hydrogens is 288 g/mol. The number of halogens is 1. The molecule has 1 rings (SSSR count). The maximum atomic E-state index is 12.0. The van der Waals surface area contributed by atoms with Crippen molar-refractivity contribution in [2.75, 3.05) is 27.2 Å². The lowest BCUT2D eigenvalue weighted by Crippen LogP contribution is -2.47. The molecule has 1 unspecified atom stereocenters. The molecule has 0 bridgehead atoms. The quantitative estimate of drug-likeness (QED) is 0.792. The number of carbonyl (C=O) groups excluding carboxylic acids is 1. The second-order valence-electron chi connectivity index (χ2n) is 5.80. The molecule has 5 heteroatoms. The van der Waals surface area contributed by atoms with Crippen LogP contribution in [0.4, 0.5) is 0 Å². The maximum absolute atomic E-state index is 12.0. The number of hydrogen-bond donors (Lipinski definition) is 2. The van der Waals surface area contributed by atoms with Gasteiger partial charge in [0.05, 0.1) is 5.60 Å². The minimum absolute atomic E-state index is 0.199. The number of aliphatic hydroxyl groups is 1. The van der Waals surface area contributed by atoms with Crippen molar-refractivity contribution in [3.63, 3.8) is 0 Å². The van der Waals surface area contributed by atoms with Crippen molar-refractivity contribution < 1.29 is 9.90 Å². The summed E-state index contributed by atoms with van der Waals surface area (Å²) in [6.07, 6.45) is 1.77. The van der Waals surface area contributed by atoms with Gasteiger partial charge in [-0.2, -0.15) is 0 Å². The minimum Gasteiger partial charge on any atom is -0.387 e. The summed E-state index contributed by atoms with van der Waals surface area (Å²) in [5, 5.41) is 13.5. The van der Waals surface area contributed by atoms with Gasteiger partial charge in [-0.3, -0.25) is 4.79 Å². The number of likely N-dealkylation sites (N-methyl/N-ethyl adjacent to an activating group) is 1. The van der Waals surface area contributed by atoms with E-state index in [0.29, 0.717) is 17.1 Å². The van der Waals surface area contributed by atoms with Crippen molar-refractivity contribution in [2.45, 2.75) is 19.4 Å². The second kappa shape index (κ2) is 7.59. The fraction of sp³-hybridized carbons (Fsp3) is 0.438. The smallest absolute Gasteiger partial charge is 0.247 e. The maximum Gasteiger partial charge on any atom is 0.247 e. The van der Waals surface area contributed by atoms with Crippen LogP contribution in [-0.4, -0.2) is 48.7 Å². The van der Waals surface area contributed by atoms with Crippen LogP contribution in [0.15, 0.2) is 29.8 Å². The molecule has 1 aromatic rings. The molecule has 0 aromatic heterocycles. The number of hydrogen-bond acceptors (Lipinski definition) is 3. The molecule has 1 aromatic carbocycles. The topological polar surface area (TPSA) is 52.6 Å². The van der Waals surface area contributed by atoms with Crippen LogP contribution >= 0.6 is 11.6 Å². The highest BCUT2D eigenvalue weighted by Gasteiger charge is 2.22. The number of benzene rings is 1. The van der Waals surface area contributed by atoms with Gasteiger partial charge in [-0.25, -0.2) is 0 Å². The SMILES string of the molecule is C/C(=C\c1cccc(Cl)c1)C(=O)NCC(C)(O)CN(C)C. The monoisotopic (exact) mass is 310 g/mol. The highest BCUT2D eigenvalue weighted by atomic mass is 35.5. The van der Waals surface area contributed by atoms with Gasteiger partial charge in [0.2, 0.25) is 5.91 Å². The van der Waals surface area contributed by atoms with E-state index in [1.54, 1.807) is 32.1 Å². The van der Waals surface area contributed by atoms with Crippen LogP contribution in [0.5, 0.6) is 0 Å². The molecule has 0 heterocycles. The molecule has 1 atom stereocenters. The largest absolute Gasteiger partial charge is 0.387 e. The van der Waals surface area contributed by atoms with Crippen LogP contribution in [0.25, 0.3) is 6.08 Å². The van der Waals surface area contributed by atoms with Gasteiger partial charge in [0.1, 0.15) is 0 Å². The lowest BCUT2D eigenvalue weighted by Gasteiger charge is -2.27. The van der Waals surface area contributed by atoms with E-state index in [0.717, 1.165) is 5.56 Å². The van der Waals surface area contributed by atoms with Gasteiger partial charge in [-0.1, -0.05) is 23.7 Å². The van der Waals surface area contributed by atoms with Gasteiger partial charge in [-0.05, 0) is 51.7 Å². The predicted octanol–water partition coefficient (Wildman–Crippen LogP) is 2.17. The summed E-state index contributed by atoms with van der Waals surface area (Å²) in [7, 11) is 3.75. The summed E-state index contributed by atoms with van der Waals surface area (Å²) in [6.45, 7) is 4.11. The van der Waals surface area contributed by atoms with Gasteiger partial charge in [0.15, 0.2) is 0 Å². The fourth-order valence-corrected chi connectivity index (χ4v) is 2.26. The Morgan fingerprint density at radius 1 is 1.48 bits per heavy atom. The molecular formula is C16H23ClN2O2. The predicted molar refractivity (Wildman–Crippen MR) is 87.3 cm³/mol. The molecule has 0 saturated heterocycles. The lowest BCUT2D eigenvalue weighted by atomic mass is 10.1. The Balaban J connectivity index is 2.63. The zero-order valence-corrected chi connectivity index (χ0v) is 13.7. The van der Waals surface area contributed by atoms with Crippen LogP contribution < -0.4 is 5.32 Å². The Morgan fingerprint density at radius 2 is 2.14 bits per heavy atom. The van der Waals surface area contributed by atoms with Crippen molar-refractivity contribution in [3.8, 4) is 0 Å². The highest BCUT2D eigenvalue weighted by Crippen LogP contribution is 2.13. The third kappa shape index (κ3) is 6.76. The Morgan fingerprint density at radius 3 is 2.71 bits per heavy atom. The molecule has 4 nitrogen and oxygen atoms in total. The fourth-order valence-electron chi connectivity index (χ4n) is 2.06. The van der Waals surface area contributed by atoms with Gasteiger partial charge in [0, 0.05) is 23.7 Å². The first-order chi connectivity index (χ1) is 9.69. The summed E-state index contributed by atoms with van der Waals surface area (Å²) < 4.78 is 0. The second-order valence-corrected chi connectivity index (χ2v) is 6.24. The molecule has 0 fully saturated rings. The van der Waals surface area contributed by atoms with Gasteiger partial charge in [0.25, 0.3) is 0 Å². The van der Waals surface area contributed by atoms with E-state index in [9.17, 15) is 9.90 Å². The standard InChI is InChI=1S/C16H23ClN2O2/c1-12(8-13-6-5-7-14(17)9-13)15(20)18-10-16(2,21)11-19(3)4/h5-9,21H,10-11H2,1-4H3,(H,18,20)/b12-8+. The zero-order chi connectivity index (χ0) is 16.0. The van der Waals surface area contributed by atoms with E-state index in [-0.39, 0.29) is 12.5 Å². The summed E-state index contributed by atoms with van der Waals surface area (Å²) in [6, 6.07) is 7.29. The molecule has 2 N–H and O–H groups in total. The van der Waals surface area contributed by atoms with Crippen molar-refractivity contribution in [3.05, 3.63) is 40.4 Å². The first-order valence-electron chi connectivity index (χ1n) is 6.79. The van der Waals surface area contributed by atoms with Crippen LogP contribution in [0.2, 0.25) is 5.02 Å². The Kier molecular flexibility index (Phi) is 6.40. The lowest BCUT2D eigenvalue weighted by molar-refractivity contribution is -0.118. The van der Waals surface area contributed by atoms with Crippen LogP contribution in [-0.2, 0) is 4.79 Å². The molecule has 0 aliphatic carbocycles. The molecule has 1 amide bonds. The average Bonchev–Trinajstić information content (AvgIpc) is 2.34. The first kappa shape index (κ1) is 17.7. The highest BCUT2D eigenvalue weighted by molar-refractivity contribution is 6.30. The van der Waals surface area contributed by atoms with E-state index in [2.05, 4.69) is 5.32 Å². The number of nitrogens with one attached hydrogen (secondary N) is 1. The number of rotatable bonds is 6. The molecule has 0 aliphatic rings. The Bertz CT molecular complexity index is 525. The molecule has 21 heavy (non-hydrogen) atoms. The summed E-state index contributed by atoms with van der Waals surface area (Å²) in [5.41, 5.74) is 0.475. The molecule has 0 spiro atoms. The third-order valence-electron chi connectivity index (χ3n) is 2.88. The number of nitrogens with zero attached hydrogens (tertiary/aromatic N) is 1. The minimum atomic E-state index is -0.963. The number of amides is 1. The van der Waals surface area contributed by atoms with E-state index < -0.39 is 5.60 Å². The Hall–Kier alpha value is -1.36. The van der Waals surface area contributed by atoms with Crippen molar-refractivity contribution >= 4 is 23.6 Å². The molecule has 0 aliphatic heterocycles. The van der Waals surface area contributed by atoms with Crippen molar-refractivity contribution in [1.82, 2.24) is 10.2 Å². The third-order valence-corrected chi connectivity index (χ3v) is 3.11. The normalized spacial score (nSPS) is 14.9. The van der Waals surface area contributed by atoms with E-state index >= 15 is 0 Å². The van der Waals surface area contributed by atoms with E-state index in [1.165, 1.54) is 0 Å². The van der Waals surface area contributed by atoms with Crippen LogP contribution in [0, 0.1) is 0 Å². The van der Waals surface area contributed by atoms with Gasteiger partial charge >= 0.3 is 0 Å². The van der Waals surface area contributed by atoms with Crippen LogP contribution in [0.3, 0.4) is 0 Å². The van der Waals surface area contributed by atoms with Crippen molar-refractivity contribution in [1.29, 1.82) is 0 Å². The molecule has 0 radical (unpaired) electrons. The molecule has 0 saturated carbocycles. The summed E-state index contributed by atoms with van der Waals surface area (Å²) in [4.78, 5) is 13.9. The van der Waals surface area contributed by atoms with E-state index in [4.69, 9.17) is 11.6 Å². The van der Waals surface area contributed by atoms with Gasteiger partial charge in [-0.15, -0.1) is 0 Å². The Labute approximate surface area is 131 Å². The average molecular weight is 311 g/mol. The van der Waals surface area contributed by atoms with Crippen molar-refractivity contribution in [2.24, 2.45) is 0 Å². The van der Waals surface area contributed by atoms with Gasteiger partial charge < -0.3 is 15.3 Å².